The number of hydrogen-bond donors (Lipinski definition) is 0. The molecule has 0 saturated heterocycles. The summed E-state index contributed by atoms with van der Waals surface area (Å²) in [5.74, 6) is 0.645. The average molecular weight is 206 g/mol. The van der Waals surface area contributed by atoms with Gasteiger partial charge in [-0.05, 0) is 52.4 Å². The Bertz CT molecular complexity index is 226. The number of rotatable bonds is 7. The minimum atomic E-state index is 0.645. The zero-order valence-electron chi connectivity index (χ0n) is 10.8. The van der Waals surface area contributed by atoms with Crippen LogP contribution in [0.25, 0.3) is 0 Å². The van der Waals surface area contributed by atoms with E-state index in [1.54, 1.807) is 0 Å². The second-order valence-electron chi connectivity index (χ2n) is 4.66. The van der Waals surface area contributed by atoms with E-state index in [1.807, 2.05) is 6.08 Å². The van der Waals surface area contributed by atoms with Gasteiger partial charge in [-0.25, -0.2) is 0 Å². The Morgan fingerprint density at radius 3 is 2.33 bits per heavy atom. The molecule has 0 bridgehead atoms. The SMILES string of the molecule is C=C[C@@H](C)CC/C=C(\C)CCC=C(C)C. The molecule has 0 aromatic heterocycles. The molecular weight excluding hydrogens is 180 g/mol. The third-order valence-corrected chi connectivity index (χ3v) is 2.61. The van der Waals surface area contributed by atoms with Crippen LogP contribution in [0, 0.1) is 5.92 Å². The highest BCUT2D eigenvalue weighted by Crippen LogP contribution is 2.11. The molecule has 0 spiro atoms. The second kappa shape index (κ2) is 8.52. The fourth-order valence-corrected chi connectivity index (χ4v) is 1.40. The lowest BCUT2D eigenvalue weighted by Gasteiger charge is -2.03. The lowest BCUT2D eigenvalue weighted by molar-refractivity contribution is 0.656. The summed E-state index contributed by atoms with van der Waals surface area (Å²) < 4.78 is 0. The molecule has 0 amide bonds. The van der Waals surface area contributed by atoms with Gasteiger partial charge in [-0.3, -0.25) is 0 Å². The molecule has 0 heteroatoms. The number of allylic oxidation sites excluding steroid dienone is 5. The Hall–Kier alpha value is -0.780. The van der Waals surface area contributed by atoms with Crippen LogP contribution < -0.4 is 0 Å². The van der Waals surface area contributed by atoms with Crippen molar-refractivity contribution in [3.8, 4) is 0 Å². The summed E-state index contributed by atoms with van der Waals surface area (Å²) in [6.45, 7) is 12.6. The molecule has 0 nitrogen and oxygen atoms in total. The molecule has 0 rings (SSSR count). The van der Waals surface area contributed by atoms with Crippen LogP contribution in [0.2, 0.25) is 0 Å². The second-order valence-corrected chi connectivity index (χ2v) is 4.66. The standard InChI is InChI=1S/C15H26/c1-6-14(4)10-8-12-15(5)11-7-9-13(2)3/h6,9,12,14H,1,7-8,10-11H2,2-5H3/b15-12+/t14-/m1/s1. The third kappa shape index (κ3) is 9.52. The first-order valence-corrected chi connectivity index (χ1v) is 5.97. The van der Waals surface area contributed by atoms with E-state index in [0.717, 1.165) is 0 Å². The smallest absolute Gasteiger partial charge is 0.0262 e. The maximum atomic E-state index is 3.80. The highest BCUT2D eigenvalue weighted by atomic mass is 14.0. The van der Waals surface area contributed by atoms with Gasteiger partial charge in [0.25, 0.3) is 0 Å². The molecule has 1 atom stereocenters. The van der Waals surface area contributed by atoms with Crippen molar-refractivity contribution < 1.29 is 0 Å². The average Bonchev–Trinajstić information content (AvgIpc) is 2.17. The van der Waals surface area contributed by atoms with E-state index in [2.05, 4.69) is 46.4 Å². The fourth-order valence-electron chi connectivity index (χ4n) is 1.40. The molecule has 0 radical (unpaired) electrons. The van der Waals surface area contributed by atoms with Gasteiger partial charge in [0.15, 0.2) is 0 Å². The Balaban J connectivity index is 3.70. The summed E-state index contributed by atoms with van der Waals surface area (Å²) in [6.07, 6.45) is 11.5. The van der Waals surface area contributed by atoms with Gasteiger partial charge in [0.2, 0.25) is 0 Å². The molecule has 0 N–H and O–H groups in total. The van der Waals surface area contributed by atoms with Crippen molar-refractivity contribution in [3.05, 3.63) is 36.0 Å². The van der Waals surface area contributed by atoms with Crippen molar-refractivity contribution >= 4 is 0 Å². The van der Waals surface area contributed by atoms with Gasteiger partial charge in [0, 0.05) is 0 Å². The fraction of sp³-hybridized carbons (Fsp3) is 0.600. The first-order valence-electron chi connectivity index (χ1n) is 5.97. The Kier molecular flexibility index (Phi) is 8.08. The minimum Gasteiger partial charge on any atom is -0.103 e. The predicted octanol–water partition coefficient (Wildman–Crippen LogP) is 5.28. The van der Waals surface area contributed by atoms with Crippen LogP contribution in [0.1, 0.15) is 53.4 Å². The molecule has 0 aromatic carbocycles. The summed E-state index contributed by atoms with van der Waals surface area (Å²) in [4.78, 5) is 0. The van der Waals surface area contributed by atoms with Gasteiger partial charge in [0.05, 0.1) is 0 Å². The van der Waals surface area contributed by atoms with Crippen LogP contribution in [0.5, 0.6) is 0 Å². The molecule has 0 aliphatic carbocycles. The molecule has 86 valence electrons. The largest absolute Gasteiger partial charge is 0.103 e. The van der Waals surface area contributed by atoms with E-state index in [9.17, 15) is 0 Å². The summed E-state index contributed by atoms with van der Waals surface area (Å²) >= 11 is 0. The molecule has 0 heterocycles. The quantitative estimate of drug-likeness (QED) is 0.497. The predicted molar refractivity (Wildman–Crippen MR) is 71.0 cm³/mol. The van der Waals surface area contributed by atoms with Gasteiger partial charge in [-0.2, -0.15) is 0 Å². The van der Waals surface area contributed by atoms with Crippen molar-refractivity contribution in [1.29, 1.82) is 0 Å². The van der Waals surface area contributed by atoms with E-state index in [1.165, 1.54) is 36.8 Å². The van der Waals surface area contributed by atoms with Crippen molar-refractivity contribution in [2.75, 3.05) is 0 Å². The van der Waals surface area contributed by atoms with Gasteiger partial charge in [0.1, 0.15) is 0 Å². The summed E-state index contributed by atoms with van der Waals surface area (Å²) in [5, 5.41) is 0. The van der Waals surface area contributed by atoms with E-state index in [0.29, 0.717) is 5.92 Å². The van der Waals surface area contributed by atoms with E-state index >= 15 is 0 Å². The van der Waals surface area contributed by atoms with Crippen molar-refractivity contribution in [2.24, 2.45) is 5.92 Å². The maximum Gasteiger partial charge on any atom is -0.0262 e. The summed E-state index contributed by atoms with van der Waals surface area (Å²) in [6, 6.07) is 0. The lowest BCUT2D eigenvalue weighted by atomic mass is 10.0. The van der Waals surface area contributed by atoms with E-state index in [4.69, 9.17) is 0 Å². The van der Waals surface area contributed by atoms with Crippen LogP contribution in [-0.2, 0) is 0 Å². The monoisotopic (exact) mass is 206 g/mol. The zero-order chi connectivity index (χ0) is 11.7. The van der Waals surface area contributed by atoms with Gasteiger partial charge in [-0.1, -0.05) is 36.3 Å². The summed E-state index contributed by atoms with van der Waals surface area (Å²) in [7, 11) is 0. The molecule has 0 fully saturated rings. The maximum absolute atomic E-state index is 3.80. The van der Waals surface area contributed by atoms with Gasteiger partial charge in [-0.15, -0.1) is 6.58 Å². The lowest BCUT2D eigenvalue weighted by Crippen LogP contribution is -1.87. The first-order chi connectivity index (χ1) is 7.06. The third-order valence-electron chi connectivity index (χ3n) is 2.61. The minimum absolute atomic E-state index is 0.645. The van der Waals surface area contributed by atoms with Crippen LogP contribution in [0.4, 0.5) is 0 Å². The molecule has 0 unspecified atom stereocenters. The van der Waals surface area contributed by atoms with E-state index in [-0.39, 0.29) is 0 Å². The van der Waals surface area contributed by atoms with Crippen molar-refractivity contribution in [1.82, 2.24) is 0 Å². The van der Waals surface area contributed by atoms with Crippen LogP contribution in [-0.4, -0.2) is 0 Å². The highest BCUT2D eigenvalue weighted by Gasteiger charge is 1.94. The molecule has 0 aliphatic rings. The Morgan fingerprint density at radius 2 is 1.80 bits per heavy atom. The van der Waals surface area contributed by atoms with Crippen molar-refractivity contribution in [2.45, 2.75) is 53.4 Å². The highest BCUT2D eigenvalue weighted by molar-refractivity contribution is 5.02. The molecule has 0 saturated carbocycles. The van der Waals surface area contributed by atoms with Crippen LogP contribution in [0.3, 0.4) is 0 Å². The topological polar surface area (TPSA) is 0 Å². The van der Waals surface area contributed by atoms with Crippen LogP contribution >= 0.6 is 0 Å². The first kappa shape index (κ1) is 14.2. The van der Waals surface area contributed by atoms with Crippen LogP contribution in [0.15, 0.2) is 36.0 Å². The normalized spacial score (nSPS) is 13.5. The van der Waals surface area contributed by atoms with Crippen molar-refractivity contribution in [3.63, 3.8) is 0 Å². The molecule has 0 aliphatic heterocycles. The zero-order valence-corrected chi connectivity index (χ0v) is 10.8. The van der Waals surface area contributed by atoms with Gasteiger partial charge < -0.3 is 0 Å². The molecular formula is C15H26. The summed E-state index contributed by atoms with van der Waals surface area (Å²) in [5.41, 5.74) is 2.94. The number of hydrogen-bond acceptors (Lipinski definition) is 0. The Morgan fingerprint density at radius 1 is 1.13 bits per heavy atom. The molecule has 15 heavy (non-hydrogen) atoms. The van der Waals surface area contributed by atoms with E-state index < -0.39 is 0 Å². The Labute approximate surface area is 95.8 Å². The molecule has 0 aromatic rings. The van der Waals surface area contributed by atoms with Gasteiger partial charge >= 0.3 is 0 Å².